The third-order valence-electron chi connectivity index (χ3n) is 4.42. The molecule has 0 aliphatic heterocycles. The molecule has 2 rings (SSSR count). The van der Waals surface area contributed by atoms with Gasteiger partial charge in [0, 0.05) is 5.56 Å². The lowest BCUT2D eigenvalue weighted by atomic mass is 10.1. The molecule has 0 atom stereocenters. The minimum absolute atomic E-state index is 0.157. The molecule has 120 valence electrons. The topological polar surface area (TPSA) is 12.5 Å². The molecule has 0 saturated heterocycles. The lowest BCUT2D eigenvalue weighted by Crippen LogP contribution is -2.38. The van der Waals surface area contributed by atoms with E-state index in [1.165, 1.54) is 51.6 Å². The fourth-order valence-corrected chi connectivity index (χ4v) is 2.74. The SMILES string of the molecule is CCCCN(CCCC)C1(C#Cc2ccc(OC)cc2)CC1. The molecule has 0 bridgehead atoms. The minimum Gasteiger partial charge on any atom is -0.497 e. The monoisotopic (exact) mass is 299 g/mol. The van der Waals surface area contributed by atoms with Gasteiger partial charge in [-0.1, -0.05) is 38.5 Å². The van der Waals surface area contributed by atoms with Gasteiger partial charge in [0.15, 0.2) is 0 Å². The van der Waals surface area contributed by atoms with Crippen molar-refractivity contribution < 1.29 is 4.74 Å². The summed E-state index contributed by atoms with van der Waals surface area (Å²) in [7, 11) is 1.69. The average molecular weight is 299 g/mol. The van der Waals surface area contributed by atoms with Crippen LogP contribution in [0.5, 0.6) is 5.75 Å². The molecular weight excluding hydrogens is 270 g/mol. The molecule has 2 nitrogen and oxygen atoms in total. The van der Waals surface area contributed by atoms with Crippen molar-refractivity contribution in [3.63, 3.8) is 0 Å². The average Bonchev–Trinajstić information content (AvgIpc) is 3.34. The third-order valence-corrected chi connectivity index (χ3v) is 4.42. The Morgan fingerprint density at radius 3 is 2.09 bits per heavy atom. The predicted octanol–water partition coefficient (Wildman–Crippen LogP) is 4.48. The standard InChI is InChI=1S/C20H29NO/c1-4-6-16-21(17-7-5-2)20(14-15-20)13-12-18-8-10-19(22-3)11-9-18/h8-11H,4-7,14-17H2,1-3H3. The second kappa shape index (κ2) is 8.25. The quantitative estimate of drug-likeness (QED) is 0.656. The van der Waals surface area contributed by atoms with Crippen LogP contribution in [0.25, 0.3) is 0 Å². The first kappa shape index (κ1) is 16.9. The zero-order valence-electron chi connectivity index (χ0n) is 14.3. The lowest BCUT2D eigenvalue weighted by Gasteiger charge is -2.28. The van der Waals surface area contributed by atoms with E-state index >= 15 is 0 Å². The molecular formula is C20H29NO. The number of unbranched alkanes of at least 4 members (excludes halogenated alkanes) is 2. The second-order valence-corrected chi connectivity index (χ2v) is 6.20. The predicted molar refractivity (Wildman–Crippen MR) is 93.2 cm³/mol. The van der Waals surface area contributed by atoms with Gasteiger partial charge < -0.3 is 4.74 Å². The number of ether oxygens (including phenoxy) is 1. The van der Waals surface area contributed by atoms with Gasteiger partial charge in [-0.25, -0.2) is 0 Å². The summed E-state index contributed by atoms with van der Waals surface area (Å²) in [6.07, 6.45) is 7.51. The highest BCUT2D eigenvalue weighted by atomic mass is 16.5. The largest absolute Gasteiger partial charge is 0.497 e. The summed E-state index contributed by atoms with van der Waals surface area (Å²) >= 11 is 0. The van der Waals surface area contributed by atoms with E-state index in [9.17, 15) is 0 Å². The molecule has 1 aliphatic carbocycles. The lowest BCUT2D eigenvalue weighted by molar-refractivity contribution is 0.213. The molecule has 1 saturated carbocycles. The van der Waals surface area contributed by atoms with Gasteiger partial charge in [0.05, 0.1) is 12.6 Å². The van der Waals surface area contributed by atoms with Gasteiger partial charge in [-0.3, -0.25) is 4.90 Å². The summed E-state index contributed by atoms with van der Waals surface area (Å²) in [6, 6.07) is 8.06. The molecule has 1 fully saturated rings. The van der Waals surface area contributed by atoms with Gasteiger partial charge >= 0.3 is 0 Å². The van der Waals surface area contributed by atoms with Crippen LogP contribution in [-0.2, 0) is 0 Å². The molecule has 1 aliphatic rings. The maximum absolute atomic E-state index is 5.20. The Morgan fingerprint density at radius 1 is 1.05 bits per heavy atom. The van der Waals surface area contributed by atoms with Crippen LogP contribution in [0.15, 0.2) is 24.3 Å². The van der Waals surface area contributed by atoms with E-state index in [1.54, 1.807) is 7.11 Å². The number of methoxy groups -OCH3 is 1. The van der Waals surface area contributed by atoms with Gasteiger partial charge in [-0.05, 0) is 63.0 Å². The first-order chi connectivity index (χ1) is 10.7. The van der Waals surface area contributed by atoms with Crippen molar-refractivity contribution in [2.45, 2.75) is 57.9 Å². The molecule has 0 spiro atoms. The number of hydrogen-bond acceptors (Lipinski definition) is 2. The van der Waals surface area contributed by atoms with Crippen molar-refractivity contribution >= 4 is 0 Å². The summed E-state index contributed by atoms with van der Waals surface area (Å²) in [4.78, 5) is 2.64. The maximum Gasteiger partial charge on any atom is 0.118 e. The van der Waals surface area contributed by atoms with Gasteiger partial charge in [-0.2, -0.15) is 0 Å². The summed E-state index contributed by atoms with van der Waals surface area (Å²) in [6.45, 7) is 6.91. The van der Waals surface area contributed by atoms with Crippen LogP contribution in [0.1, 0.15) is 57.9 Å². The second-order valence-electron chi connectivity index (χ2n) is 6.20. The van der Waals surface area contributed by atoms with Crippen LogP contribution < -0.4 is 4.74 Å². The van der Waals surface area contributed by atoms with Crippen LogP contribution in [0.3, 0.4) is 0 Å². The van der Waals surface area contributed by atoms with E-state index in [4.69, 9.17) is 4.74 Å². The fourth-order valence-electron chi connectivity index (χ4n) is 2.74. The van der Waals surface area contributed by atoms with Crippen molar-refractivity contribution in [2.75, 3.05) is 20.2 Å². The van der Waals surface area contributed by atoms with Crippen molar-refractivity contribution in [1.29, 1.82) is 0 Å². The van der Waals surface area contributed by atoms with Crippen LogP contribution >= 0.6 is 0 Å². The van der Waals surface area contributed by atoms with Gasteiger partial charge in [0.1, 0.15) is 5.75 Å². The highest BCUT2D eigenvalue weighted by Crippen LogP contribution is 2.41. The zero-order valence-corrected chi connectivity index (χ0v) is 14.3. The summed E-state index contributed by atoms with van der Waals surface area (Å²) in [5, 5.41) is 0. The van der Waals surface area contributed by atoms with Crippen LogP contribution in [0.2, 0.25) is 0 Å². The number of hydrogen-bond donors (Lipinski definition) is 0. The molecule has 0 radical (unpaired) electrons. The minimum atomic E-state index is 0.157. The highest BCUT2D eigenvalue weighted by Gasteiger charge is 2.46. The molecule has 0 amide bonds. The first-order valence-corrected chi connectivity index (χ1v) is 8.66. The zero-order chi connectivity index (χ0) is 15.8. The van der Waals surface area contributed by atoms with E-state index in [2.05, 4.69) is 30.6 Å². The third kappa shape index (κ3) is 4.52. The highest BCUT2D eigenvalue weighted by molar-refractivity contribution is 5.41. The van der Waals surface area contributed by atoms with E-state index in [-0.39, 0.29) is 5.54 Å². The van der Waals surface area contributed by atoms with Gasteiger partial charge in [-0.15, -0.1) is 0 Å². The Kier molecular flexibility index (Phi) is 6.34. The smallest absolute Gasteiger partial charge is 0.118 e. The van der Waals surface area contributed by atoms with E-state index in [0.29, 0.717) is 0 Å². The number of nitrogens with zero attached hydrogens (tertiary/aromatic N) is 1. The number of rotatable bonds is 8. The normalized spacial score (nSPS) is 15.3. The van der Waals surface area contributed by atoms with E-state index < -0.39 is 0 Å². The summed E-state index contributed by atoms with van der Waals surface area (Å²) in [5.74, 6) is 7.85. The molecule has 1 aromatic rings. The van der Waals surface area contributed by atoms with Gasteiger partial charge in [0.2, 0.25) is 0 Å². The fraction of sp³-hybridized carbons (Fsp3) is 0.600. The van der Waals surface area contributed by atoms with E-state index in [0.717, 1.165) is 11.3 Å². The number of benzene rings is 1. The first-order valence-electron chi connectivity index (χ1n) is 8.66. The van der Waals surface area contributed by atoms with Crippen LogP contribution in [0, 0.1) is 11.8 Å². The summed E-state index contributed by atoms with van der Waals surface area (Å²) in [5.41, 5.74) is 1.24. The molecule has 0 aromatic heterocycles. The molecule has 1 aromatic carbocycles. The van der Waals surface area contributed by atoms with Crippen molar-refractivity contribution in [3.05, 3.63) is 29.8 Å². The Balaban J connectivity index is 2.05. The molecule has 0 N–H and O–H groups in total. The molecule has 0 unspecified atom stereocenters. The molecule has 22 heavy (non-hydrogen) atoms. The summed E-state index contributed by atoms with van der Waals surface area (Å²) < 4.78 is 5.20. The van der Waals surface area contributed by atoms with Crippen molar-refractivity contribution in [3.8, 4) is 17.6 Å². The molecule has 0 heterocycles. The Morgan fingerprint density at radius 2 is 1.64 bits per heavy atom. The van der Waals surface area contributed by atoms with E-state index in [1.807, 2.05) is 24.3 Å². The van der Waals surface area contributed by atoms with Crippen molar-refractivity contribution in [2.24, 2.45) is 0 Å². The van der Waals surface area contributed by atoms with Crippen molar-refractivity contribution in [1.82, 2.24) is 4.90 Å². The Bertz CT molecular complexity index is 497. The maximum atomic E-state index is 5.20. The Hall–Kier alpha value is -1.46. The van der Waals surface area contributed by atoms with Gasteiger partial charge in [0.25, 0.3) is 0 Å². The molecule has 2 heteroatoms. The van der Waals surface area contributed by atoms with Crippen LogP contribution in [0.4, 0.5) is 0 Å². The Labute approximate surface area is 135 Å². The van der Waals surface area contributed by atoms with Crippen LogP contribution in [-0.4, -0.2) is 30.6 Å².